The molecule has 10 nitrogen and oxygen atoms in total. The number of rotatable bonds is 4. The number of nitrogens with one attached hydrogen (secondary N) is 6. The number of carbonyl (C=O) groups is 1. The molecule has 4 heterocycles. The number of hydrogen-bond acceptors (Lipinski definition) is 9. The molecule has 4 saturated heterocycles. The number of alkyl halides is 1. The van der Waals surface area contributed by atoms with Crippen LogP contribution in [0, 0.1) is 17.8 Å². The summed E-state index contributed by atoms with van der Waals surface area (Å²) in [5.41, 5.74) is 14.7. The fourth-order valence-electron chi connectivity index (χ4n) is 7.18. The lowest BCUT2D eigenvalue weighted by atomic mass is 9.80. The molecule has 5 aliphatic rings. The zero-order chi connectivity index (χ0) is 24.4. The number of piperidine rings is 1. The lowest BCUT2D eigenvalue weighted by molar-refractivity contribution is -0.129. The van der Waals surface area contributed by atoms with Gasteiger partial charge < -0.3 is 16.4 Å². The average molecular weight is 496 g/mol. The second kappa shape index (κ2) is 11.2. The molecule has 1 aliphatic carbocycles. The molecule has 7 atom stereocenters. The number of fused-ring (bicyclic) bond motifs is 1. The molecule has 0 aromatic rings. The first-order valence-electron chi connectivity index (χ1n) is 13.9. The van der Waals surface area contributed by atoms with E-state index >= 15 is 4.39 Å². The molecule has 0 bridgehead atoms. The van der Waals surface area contributed by atoms with E-state index in [-0.39, 0.29) is 37.1 Å². The summed E-state index contributed by atoms with van der Waals surface area (Å²) >= 11 is 0. The van der Waals surface area contributed by atoms with Crippen molar-refractivity contribution in [3.05, 3.63) is 0 Å². The van der Waals surface area contributed by atoms with Gasteiger partial charge in [-0.2, -0.15) is 5.53 Å². The Morgan fingerprint density at radius 3 is 2.54 bits per heavy atom. The number of nitrogens with two attached hydrogens (primary N) is 1. The van der Waals surface area contributed by atoms with Gasteiger partial charge in [0.2, 0.25) is 5.91 Å². The number of carbonyl (C=O) groups excluding carboxylic acids is 1. The number of nitrogens with zero attached hydrogens (tertiary/aromatic N) is 2. The monoisotopic (exact) mass is 495 g/mol. The van der Waals surface area contributed by atoms with E-state index in [0.29, 0.717) is 12.0 Å². The van der Waals surface area contributed by atoms with E-state index in [0.717, 1.165) is 51.7 Å². The highest BCUT2D eigenvalue weighted by Gasteiger charge is 2.53. The van der Waals surface area contributed by atoms with Crippen LogP contribution < -0.4 is 38.1 Å². The molecule has 0 spiro atoms. The Labute approximate surface area is 208 Å². The summed E-state index contributed by atoms with van der Waals surface area (Å²) in [5.74, 6) is -0.144. The molecule has 1 saturated carbocycles. The summed E-state index contributed by atoms with van der Waals surface area (Å²) in [4.78, 5) is 13.5. The third-order valence-corrected chi connectivity index (χ3v) is 9.23. The van der Waals surface area contributed by atoms with Gasteiger partial charge in [-0.3, -0.25) is 10.1 Å². The van der Waals surface area contributed by atoms with Crippen molar-refractivity contribution in [1.29, 1.82) is 0 Å². The maximum absolute atomic E-state index is 16.3. The average Bonchev–Trinajstić information content (AvgIpc) is 3.44. The molecular formula is C24H46FN9O. The molecule has 1 amide bonds. The van der Waals surface area contributed by atoms with E-state index in [2.05, 4.69) is 37.3 Å². The molecule has 11 heteroatoms. The summed E-state index contributed by atoms with van der Waals surface area (Å²) in [6.45, 7) is 3.10. The summed E-state index contributed by atoms with van der Waals surface area (Å²) in [6, 6.07) is 0.330. The lowest BCUT2D eigenvalue weighted by Crippen LogP contribution is -2.66. The van der Waals surface area contributed by atoms with Gasteiger partial charge in [-0.05, 0) is 37.6 Å². The number of halogens is 1. The van der Waals surface area contributed by atoms with E-state index in [1.807, 2.05) is 12.1 Å². The molecular weight excluding hydrogens is 449 g/mol. The van der Waals surface area contributed by atoms with E-state index in [1.54, 1.807) is 0 Å². The van der Waals surface area contributed by atoms with Gasteiger partial charge in [0.15, 0.2) is 0 Å². The number of hydrazine groups is 3. The van der Waals surface area contributed by atoms with Crippen LogP contribution >= 0.6 is 0 Å². The summed E-state index contributed by atoms with van der Waals surface area (Å²) < 4.78 is 16.3. The fraction of sp³-hybridized carbons (Fsp3) is 0.958. The highest BCUT2D eigenvalue weighted by Crippen LogP contribution is 2.37. The standard InChI is InChI=1S/C24H46FN9O/c1-33-19(13-29-32-33)17-10-11-27-12-18(17)30-23(35)20-21(26)31-34-15-24(25,14-28-22(20)34)16-8-6-4-2-3-5-7-9-16/h16-22,27-29,31-32H,2-15,26H2,1H3,(H,30,35). The van der Waals surface area contributed by atoms with E-state index < -0.39 is 17.8 Å². The van der Waals surface area contributed by atoms with Gasteiger partial charge in [0, 0.05) is 38.8 Å². The van der Waals surface area contributed by atoms with Crippen molar-refractivity contribution in [3.63, 3.8) is 0 Å². The highest BCUT2D eigenvalue weighted by atomic mass is 19.1. The second-order valence-corrected chi connectivity index (χ2v) is 11.5. The first-order chi connectivity index (χ1) is 17.0. The molecule has 0 aromatic heterocycles. The summed E-state index contributed by atoms with van der Waals surface area (Å²) in [5, 5.41) is 14.1. The first kappa shape index (κ1) is 25.7. The van der Waals surface area contributed by atoms with Crippen LogP contribution in [-0.4, -0.2) is 85.8 Å². The number of hydrogen-bond donors (Lipinski definition) is 7. The van der Waals surface area contributed by atoms with E-state index in [4.69, 9.17) is 5.73 Å². The molecule has 0 aromatic carbocycles. The van der Waals surface area contributed by atoms with Crippen molar-refractivity contribution in [2.75, 3.05) is 39.8 Å². The lowest BCUT2D eigenvalue weighted by Gasteiger charge is -2.44. The van der Waals surface area contributed by atoms with Crippen molar-refractivity contribution in [3.8, 4) is 0 Å². The normalized spacial score (nSPS) is 42.7. The van der Waals surface area contributed by atoms with Gasteiger partial charge in [-0.15, -0.1) is 0 Å². The second-order valence-electron chi connectivity index (χ2n) is 11.5. The van der Waals surface area contributed by atoms with Crippen LogP contribution in [0.1, 0.15) is 57.8 Å². The number of likely N-dealkylation sites (N-methyl/N-ethyl adjacent to an activating group) is 1. The van der Waals surface area contributed by atoms with Gasteiger partial charge in [-0.1, -0.05) is 38.5 Å². The van der Waals surface area contributed by atoms with Gasteiger partial charge in [0.05, 0.1) is 24.8 Å². The van der Waals surface area contributed by atoms with Gasteiger partial charge in [0.1, 0.15) is 5.67 Å². The molecule has 35 heavy (non-hydrogen) atoms. The quantitative estimate of drug-likeness (QED) is 0.277. The summed E-state index contributed by atoms with van der Waals surface area (Å²) in [7, 11) is 2.03. The Bertz CT molecular complexity index is 721. The molecule has 8 N–H and O–H groups in total. The molecule has 5 rings (SSSR count). The highest BCUT2D eigenvalue weighted by molar-refractivity contribution is 5.80. The Morgan fingerprint density at radius 1 is 1.09 bits per heavy atom. The molecule has 5 fully saturated rings. The van der Waals surface area contributed by atoms with Crippen LogP contribution in [0.15, 0.2) is 0 Å². The van der Waals surface area contributed by atoms with Crippen molar-refractivity contribution >= 4 is 5.91 Å². The van der Waals surface area contributed by atoms with Gasteiger partial charge in [0.25, 0.3) is 0 Å². The van der Waals surface area contributed by atoms with Crippen LogP contribution in [0.25, 0.3) is 0 Å². The molecule has 4 aliphatic heterocycles. The van der Waals surface area contributed by atoms with Crippen LogP contribution in [0.2, 0.25) is 0 Å². The zero-order valence-corrected chi connectivity index (χ0v) is 21.2. The van der Waals surface area contributed by atoms with Crippen molar-refractivity contribution in [1.82, 2.24) is 42.4 Å². The SMILES string of the molecule is CN1NNCC1C1CCNCC1NC(=O)C1C(N)NN2CC(F)(C3CCCCCCCC3)CNC12. The third kappa shape index (κ3) is 5.52. The van der Waals surface area contributed by atoms with Crippen molar-refractivity contribution in [2.45, 2.75) is 87.9 Å². The topological polar surface area (TPSA) is 122 Å². The Balaban J connectivity index is 1.22. The Hall–Kier alpha value is -0.920. The van der Waals surface area contributed by atoms with Gasteiger partial charge >= 0.3 is 0 Å². The molecule has 0 radical (unpaired) electrons. The van der Waals surface area contributed by atoms with Crippen LogP contribution in [0.4, 0.5) is 4.39 Å². The van der Waals surface area contributed by atoms with Crippen LogP contribution in [0.3, 0.4) is 0 Å². The van der Waals surface area contributed by atoms with Crippen molar-refractivity contribution in [2.24, 2.45) is 23.5 Å². The Morgan fingerprint density at radius 2 is 1.83 bits per heavy atom. The molecule has 7 unspecified atom stereocenters. The smallest absolute Gasteiger partial charge is 0.229 e. The van der Waals surface area contributed by atoms with Crippen LogP contribution in [-0.2, 0) is 4.79 Å². The Kier molecular flexibility index (Phi) is 8.25. The predicted octanol–water partition coefficient (Wildman–Crippen LogP) is -0.487. The van der Waals surface area contributed by atoms with Crippen molar-refractivity contribution < 1.29 is 9.18 Å². The molecule has 200 valence electrons. The minimum absolute atomic E-state index is 0.0226. The van der Waals surface area contributed by atoms with Gasteiger partial charge in [-0.25, -0.2) is 25.3 Å². The first-order valence-corrected chi connectivity index (χ1v) is 13.9. The summed E-state index contributed by atoms with van der Waals surface area (Å²) in [6.07, 6.45) is 9.22. The van der Waals surface area contributed by atoms with Crippen LogP contribution in [0.5, 0.6) is 0 Å². The largest absolute Gasteiger partial charge is 0.351 e. The minimum atomic E-state index is -1.30. The van der Waals surface area contributed by atoms with E-state index in [9.17, 15) is 4.79 Å². The number of amides is 1. The maximum atomic E-state index is 16.3. The predicted molar refractivity (Wildman–Crippen MR) is 133 cm³/mol. The third-order valence-electron chi connectivity index (χ3n) is 9.23. The zero-order valence-electron chi connectivity index (χ0n) is 21.2. The van der Waals surface area contributed by atoms with E-state index in [1.165, 1.54) is 25.7 Å². The minimum Gasteiger partial charge on any atom is -0.351 e. The fourth-order valence-corrected chi connectivity index (χ4v) is 7.18. The maximum Gasteiger partial charge on any atom is 0.229 e.